The molecule has 0 saturated heterocycles. The summed E-state index contributed by atoms with van der Waals surface area (Å²) in [7, 11) is 3.55. The van der Waals surface area contributed by atoms with Crippen molar-refractivity contribution in [2.75, 3.05) is 7.11 Å². The van der Waals surface area contributed by atoms with Gasteiger partial charge in [-0.3, -0.25) is 4.79 Å². The highest BCUT2D eigenvalue weighted by Crippen LogP contribution is 2.28. The average Bonchev–Trinajstić information content (AvgIpc) is 3.09. The number of fused-ring (bicyclic) bond motifs is 1. The SMILES string of the molecule is COc1ccc2c(c1)c(C(=O)N/N=C/c1cc(Br)cs1)c(C)n2C. The second-order valence-corrected chi connectivity index (χ2v) is 7.13. The van der Waals surface area contributed by atoms with Gasteiger partial charge in [-0.2, -0.15) is 5.10 Å². The van der Waals surface area contributed by atoms with Gasteiger partial charge in [-0.1, -0.05) is 0 Å². The van der Waals surface area contributed by atoms with Crippen LogP contribution in [0.3, 0.4) is 0 Å². The molecule has 3 rings (SSSR count). The number of nitrogens with one attached hydrogen (secondary N) is 1. The number of thiophene rings is 1. The van der Waals surface area contributed by atoms with E-state index in [0.717, 1.165) is 25.9 Å². The van der Waals surface area contributed by atoms with Crippen LogP contribution in [0.25, 0.3) is 10.9 Å². The van der Waals surface area contributed by atoms with E-state index in [1.807, 2.05) is 48.2 Å². The first kappa shape index (κ1) is 16.7. The van der Waals surface area contributed by atoms with Crippen molar-refractivity contribution < 1.29 is 9.53 Å². The summed E-state index contributed by atoms with van der Waals surface area (Å²) in [6.07, 6.45) is 1.63. The van der Waals surface area contributed by atoms with Crippen molar-refractivity contribution in [3.63, 3.8) is 0 Å². The fourth-order valence-electron chi connectivity index (χ4n) is 2.57. The lowest BCUT2D eigenvalue weighted by molar-refractivity contribution is 0.0956. The van der Waals surface area contributed by atoms with E-state index in [0.29, 0.717) is 11.3 Å². The van der Waals surface area contributed by atoms with Crippen LogP contribution >= 0.6 is 27.3 Å². The minimum absolute atomic E-state index is 0.238. The number of hydrogen-bond donors (Lipinski definition) is 1. The summed E-state index contributed by atoms with van der Waals surface area (Å²) in [4.78, 5) is 13.6. The van der Waals surface area contributed by atoms with E-state index >= 15 is 0 Å². The van der Waals surface area contributed by atoms with Crippen LogP contribution in [-0.2, 0) is 7.05 Å². The van der Waals surface area contributed by atoms with Gasteiger partial charge in [0.2, 0.25) is 0 Å². The molecule has 0 aliphatic rings. The van der Waals surface area contributed by atoms with E-state index in [-0.39, 0.29) is 5.91 Å². The highest BCUT2D eigenvalue weighted by Gasteiger charge is 2.18. The van der Waals surface area contributed by atoms with Crippen LogP contribution in [0.5, 0.6) is 5.75 Å². The largest absolute Gasteiger partial charge is 0.497 e. The van der Waals surface area contributed by atoms with Gasteiger partial charge in [0, 0.05) is 38.4 Å². The minimum atomic E-state index is -0.238. The Morgan fingerprint density at radius 1 is 1.42 bits per heavy atom. The van der Waals surface area contributed by atoms with E-state index < -0.39 is 0 Å². The first-order valence-electron chi connectivity index (χ1n) is 7.21. The van der Waals surface area contributed by atoms with Gasteiger partial charge in [-0.15, -0.1) is 11.3 Å². The second kappa shape index (κ2) is 6.78. The highest BCUT2D eigenvalue weighted by molar-refractivity contribution is 9.10. The Balaban J connectivity index is 1.91. The predicted octanol–water partition coefficient (Wildman–Crippen LogP) is 4.08. The zero-order chi connectivity index (χ0) is 17.3. The molecule has 0 aliphatic heterocycles. The number of rotatable bonds is 4. The smallest absolute Gasteiger partial charge is 0.273 e. The quantitative estimate of drug-likeness (QED) is 0.524. The molecule has 24 heavy (non-hydrogen) atoms. The van der Waals surface area contributed by atoms with Crippen molar-refractivity contribution in [1.82, 2.24) is 9.99 Å². The molecular weight excluding hydrogens is 390 g/mol. The molecule has 0 spiro atoms. The summed E-state index contributed by atoms with van der Waals surface area (Å²) in [6, 6.07) is 7.65. The van der Waals surface area contributed by atoms with Gasteiger partial charge < -0.3 is 9.30 Å². The Morgan fingerprint density at radius 3 is 2.88 bits per heavy atom. The van der Waals surface area contributed by atoms with Crippen LogP contribution in [0.4, 0.5) is 0 Å². The molecule has 1 aromatic carbocycles. The van der Waals surface area contributed by atoms with Crippen LogP contribution in [0, 0.1) is 6.92 Å². The lowest BCUT2D eigenvalue weighted by atomic mass is 10.1. The van der Waals surface area contributed by atoms with Gasteiger partial charge in [0.05, 0.1) is 18.9 Å². The average molecular weight is 406 g/mol. The Hall–Kier alpha value is -2.12. The fourth-order valence-corrected chi connectivity index (χ4v) is 3.87. The molecule has 2 heterocycles. The number of aryl methyl sites for hydroxylation is 1. The third-order valence-corrected chi connectivity index (χ3v) is 5.50. The molecule has 0 bridgehead atoms. The van der Waals surface area contributed by atoms with E-state index in [1.165, 1.54) is 0 Å². The Labute approximate surface area is 152 Å². The molecule has 5 nitrogen and oxygen atoms in total. The number of hydrazone groups is 1. The van der Waals surface area contributed by atoms with E-state index in [4.69, 9.17) is 4.74 Å². The molecule has 1 N–H and O–H groups in total. The van der Waals surface area contributed by atoms with Gasteiger partial charge >= 0.3 is 0 Å². The molecular formula is C17H16BrN3O2S. The van der Waals surface area contributed by atoms with Crippen LogP contribution in [-0.4, -0.2) is 23.8 Å². The maximum atomic E-state index is 12.6. The highest BCUT2D eigenvalue weighted by atomic mass is 79.9. The molecule has 1 amide bonds. The molecule has 0 radical (unpaired) electrons. The monoisotopic (exact) mass is 405 g/mol. The fraction of sp³-hybridized carbons (Fsp3) is 0.176. The Morgan fingerprint density at radius 2 is 2.21 bits per heavy atom. The molecule has 0 unspecified atom stereocenters. The molecule has 2 aromatic heterocycles. The minimum Gasteiger partial charge on any atom is -0.497 e. The number of ether oxygens (including phenoxy) is 1. The van der Waals surface area contributed by atoms with Crippen LogP contribution in [0.15, 0.2) is 39.2 Å². The third kappa shape index (κ3) is 3.09. The number of hydrogen-bond acceptors (Lipinski definition) is 4. The van der Waals surface area contributed by atoms with E-state index in [1.54, 1.807) is 24.7 Å². The zero-order valence-corrected chi connectivity index (χ0v) is 15.9. The molecule has 0 saturated carbocycles. The topological polar surface area (TPSA) is 55.6 Å². The van der Waals surface area contributed by atoms with Crippen LogP contribution < -0.4 is 10.2 Å². The number of aromatic nitrogens is 1. The van der Waals surface area contributed by atoms with E-state index in [9.17, 15) is 4.79 Å². The molecule has 0 atom stereocenters. The summed E-state index contributed by atoms with van der Waals surface area (Å²) in [5.41, 5.74) is 5.07. The lowest BCUT2D eigenvalue weighted by Crippen LogP contribution is -2.18. The number of amides is 1. The molecule has 0 aliphatic carbocycles. The van der Waals surface area contributed by atoms with Crippen LogP contribution in [0.2, 0.25) is 0 Å². The third-order valence-electron chi connectivity index (χ3n) is 3.87. The molecule has 3 aromatic rings. The van der Waals surface area contributed by atoms with Crippen molar-refractivity contribution in [1.29, 1.82) is 0 Å². The number of methoxy groups -OCH3 is 1. The van der Waals surface area contributed by atoms with Gasteiger partial charge in [0.25, 0.3) is 5.91 Å². The Kier molecular flexibility index (Phi) is 4.73. The summed E-state index contributed by atoms with van der Waals surface area (Å²) < 4.78 is 8.26. The summed E-state index contributed by atoms with van der Waals surface area (Å²) >= 11 is 4.93. The second-order valence-electron chi connectivity index (χ2n) is 5.27. The molecule has 0 fully saturated rings. The summed E-state index contributed by atoms with van der Waals surface area (Å²) in [5, 5.41) is 6.87. The number of benzene rings is 1. The maximum absolute atomic E-state index is 12.6. The number of carbonyl (C=O) groups excluding carboxylic acids is 1. The van der Waals surface area contributed by atoms with Gasteiger partial charge in [0.15, 0.2) is 0 Å². The molecule has 124 valence electrons. The maximum Gasteiger partial charge on any atom is 0.273 e. The predicted molar refractivity (Wildman–Crippen MR) is 101 cm³/mol. The first-order valence-corrected chi connectivity index (χ1v) is 8.89. The van der Waals surface area contributed by atoms with Crippen molar-refractivity contribution in [3.05, 3.63) is 50.3 Å². The zero-order valence-electron chi connectivity index (χ0n) is 13.5. The van der Waals surface area contributed by atoms with Gasteiger partial charge in [-0.05, 0) is 47.1 Å². The van der Waals surface area contributed by atoms with Crippen molar-refractivity contribution in [2.24, 2.45) is 12.1 Å². The standard InChI is InChI=1S/C17H16BrN3O2S/c1-10-16(14-7-12(23-3)4-5-15(14)21(10)2)17(22)20-19-8-13-6-11(18)9-24-13/h4-9H,1-3H3,(H,20,22)/b19-8+. The lowest BCUT2D eigenvalue weighted by Gasteiger charge is -2.02. The van der Waals surface area contributed by atoms with Crippen molar-refractivity contribution in [2.45, 2.75) is 6.92 Å². The van der Waals surface area contributed by atoms with Gasteiger partial charge in [0.1, 0.15) is 5.75 Å². The number of nitrogens with zero attached hydrogens (tertiary/aromatic N) is 2. The van der Waals surface area contributed by atoms with Gasteiger partial charge in [-0.25, -0.2) is 5.43 Å². The van der Waals surface area contributed by atoms with E-state index in [2.05, 4.69) is 26.5 Å². The normalized spacial score (nSPS) is 11.3. The van der Waals surface area contributed by atoms with Crippen LogP contribution in [0.1, 0.15) is 20.9 Å². The number of carbonyl (C=O) groups is 1. The van der Waals surface area contributed by atoms with Crippen molar-refractivity contribution >= 4 is 50.3 Å². The summed E-state index contributed by atoms with van der Waals surface area (Å²) in [6.45, 7) is 1.92. The number of halogens is 1. The Bertz CT molecular complexity index is 943. The first-order chi connectivity index (χ1) is 11.5. The molecule has 7 heteroatoms. The van der Waals surface area contributed by atoms with Crippen molar-refractivity contribution in [3.8, 4) is 5.75 Å². The summed E-state index contributed by atoms with van der Waals surface area (Å²) in [5.74, 6) is 0.479.